The number of benzene rings is 1. The molecular formula is C21H37IN4O. The quantitative estimate of drug-likeness (QED) is 0.254. The fourth-order valence-corrected chi connectivity index (χ4v) is 3.36. The van der Waals surface area contributed by atoms with Crippen molar-refractivity contribution >= 4 is 29.9 Å². The number of halogens is 1. The number of hydrogen-bond donors (Lipinski definition) is 2. The fourth-order valence-electron chi connectivity index (χ4n) is 3.36. The normalized spacial score (nSPS) is 20.6. The first-order valence-corrected chi connectivity index (χ1v) is 9.90. The maximum atomic E-state index is 5.72. The molecule has 1 aromatic rings. The molecular weight excluding hydrogens is 451 g/mol. The standard InChI is InChI=1S/C21H36N4O.HI/c1-6-11-26-15-19-10-8-7-9-18(19)12-23-21(22-5)24-20-14-25(16(2)3)13-17(20)4;/h7-10,16-17,20H,6,11-15H2,1-5H3,(H2,22,23,24);1H. The van der Waals surface area contributed by atoms with Gasteiger partial charge >= 0.3 is 0 Å². The summed E-state index contributed by atoms with van der Waals surface area (Å²) in [6.45, 7) is 13.4. The van der Waals surface area contributed by atoms with Crippen molar-refractivity contribution in [2.45, 2.75) is 59.4 Å². The average Bonchev–Trinajstić information content (AvgIpc) is 3.00. The van der Waals surface area contributed by atoms with E-state index in [1.165, 1.54) is 11.1 Å². The molecule has 2 N–H and O–H groups in total. The molecule has 2 unspecified atom stereocenters. The van der Waals surface area contributed by atoms with E-state index in [-0.39, 0.29) is 24.0 Å². The fraction of sp³-hybridized carbons (Fsp3) is 0.667. The summed E-state index contributed by atoms with van der Waals surface area (Å²) in [6.07, 6.45) is 1.05. The minimum Gasteiger partial charge on any atom is -0.377 e. The van der Waals surface area contributed by atoms with Crippen LogP contribution in [0.3, 0.4) is 0 Å². The van der Waals surface area contributed by atoms with E-state index in [1.807, 2.05) is 7.05 Å². The second kappa shape index (κ2) is 12.6. The first-order valence-electron chi connectivity index (χ1n) is 9.90. The van der Waals surface area contributed by atoms with Gasteiger partial charge in [-0.1, -0.05) is 38.1 Å². The van der Waals surface area contributed by atoms with Gasteiger partial charge < -0.3 is 15.4 Å². The third-order valence-corrected chi connectivity index (χ3v) is 5.09. The SMILES string of the molecule is CCCOCc1ccccc1CNC(=NC)NC1CN(C(C)C)CC1C.I. The Morgan fingerprint density at radius 3 is 2.56 bits per heavy atom. The Bertz CT molecular complexity index is 579. The zero-order valence-electron chi connectivity index (χ0n) is 17.5. The Morgan fingerprint density at radius 2 is 1.96 bits per heavy atom. The van der Waals surface area contributed by atoms with E-state index in [0.717, 1.165) is 38.6 Å². The van der Waals surface area contributed by atoms with Crippen molar-refractivity contribution in [1.82, 2.24) is 15.5 Å². The van der Waals surface area contributed by atoms with Gasteiger partial charge in [-0.05, 0) is 37.3 Å². The Labute approximate surface area is 182 Å². The van der Waals surface area contributed by atoms with Crippen molar-refractivity contribution in [2.75, 3.05) is 26.7 Å². The third kappa shape index (κ3) is 7.58. The number of nitrogens with one attached hydrogen (secondary N) is 2. The molecule has 2 atom stereocenters. The van der Waals surface area contributed by atoms with Gasteiger partial charge in [0.2, 0.25) is 0 Å². The minimum absolute atomic E-state index is 0. The second-order valence-electron chi connectivity index (χ2n) is 7.52. The van der Waals surface area contributed by atoms with Gasteiger partial charge in [-0.3, -0.25) is 9.89 Å². The lowest BCUT2D eigenvalue weighted by molar-refractivity contribution is 0.121. The van der Waals surface area contributed by atoms with Crippen LogP contribution in [0.25, 0.3) is 0 Å². The van der Waals surface area contributed by atoms with E-state index >= 15 is 0 Å². The summed E-state index contributed by atoms with van der Waals surface area (Å²) in [5, 5.41) is 7.08. The topological polar surface area (TPSA) is 48.9 Å². The van der Waals surface area contributed by atoms with Gasteiger partial charge in [0.1, 0.15) is 0 Å². The van der Waals surface area contributed by atoms with Crippen molar-refractivity contribution in [1.29, 1.82) is 0 Å². The summed E-state index contributed by atoms with van der Waals surface area (Å²) in [4.78, 5) is 6.94. The van der Waals surface area contributed by atoms with Crippen molar-refractivity contribution in [2.24, 2.45) is 10.9 Å². The molecule has 2 rings (SSSR count). The van der Waals surface area contributed by atoms with Crippen LogP contribution in [-0.2, 0) is 17.9 Å². The molecule has 0 bridgehead atoms. The lowest BCUT2D eigenvalue weighted by atomic mass is 10.1. The molecule has 0 amide bonds. The monoisotopic (exact) mass is 488 g/mol. The summed E-state index contributed by atoms with van der Waals surface area (Å²) in [5.74, 6) is 1.49. The molecule has 1 aliphatic heterocycles. The molecule has 1 aliphatic rings. The van der Waals surface area contributed by atoms with E-state index in [9.17, 15) is 0 Å². The Hall–Kier alpha value is -0.860. The summed E-state index contributed by atoms with van der Waals surface area (Å²) < 4.78 is 5.72. The highest BCUT2D eigenvalue weighted by atomic mass is 127. The molecule has 0 spiro atoms. The highest BCUT2D eigenvalue weighted by Crippen LogP contribution is 2.18. The second-order valence-corrected chi connectivity index (χ2v) is 7.52. The minimum atomic E-state index is 0. The molecule has 154 valence electrons. The van der Waals surface area contributed by atoms with E-state index in [4.69, 9.17) is 4.74 Å². The van der Waals surface area contributed by atoms with Crippen LogP contribution in [0, 0.1) is 5.92 Å². The van der Waals surface area contributed by atoms with Gasteiger partial charge in [-0.2, -0.15) is 0 Å². The van der Waals surface area contributed by atoms with Crippen molar-refractivity contribution in [3.63, 3.8) is 0 Å². The van der Waals surface area contributed by atoms with Gasteiger partial charge in [-0.25, -0.2) is 0 Å². The highest BCUT2D eigenvalue weighted by Gasteiger charge is 2.31. The smallest absolute Gasteiger partial charge is 0.191 e. The van der Waals surface area contributed by atoms with Crippen molar-refractivity contribution in [3.8, 4) is 0 Å². The Kier molecular flexibility index (Phi) is 11.3. The van der Waals surface area contributed by atoms with Gasteiger partial charge in [0.25, 0.3) is 0 Å². The van der Waals surface area contributed by atoms with Gasteiger partial charge in [-0.15, -0.1) is 24.0 Å². The van der Waals surface area contributed by atoms with Crippen molar-refractivity contribution < 1.29 is 4.74 Å². The Morgan fingerprint density at radius 1 is 1.26 bits per heavy atom. The molecule has 1 saturated heterocycles. The van der Waals surface area contributed by atoms with Crippen LogP contribution in [-0.4, -0.2) is 49.7 Å². The lowest BCUT2D eigenvalue weighted by Crippen LogP contribution is -2.46. The molecule has 0 aromatic heterocycles. The third-order valence-electron chi connectivity index (χ3n) is 5.09. The number of nitrogens with zero attached hydrogens (tertiary/aromatic N) is 2. The van der Waals surface area contributed by atoms with Crippen LogP contribution in [0.5, 0.6) is 0 Å². The number of likely N-dealkylation sites (tertiary alicyclic amines) is 1. The largest absolute Gasteiger partial charge is 0.377 e. The first-order chi connectivity index (χ1) is 12.5. The zero-order valence-corrected chi connectivity index (χ0v) is 19.8. The van der Waals surface area contributed by atoms with Crippen LogP contribution < -0.4 is 10.6 Å². The highest BCUT2D eigenvalue weighted by molar-refractivity contribution is 14.0. The number of guanidine groups is 1. The number of ether oxygens (including phenoxy) is 1. The predicted molar refractivity (Wildman–Crippen MR) is 125 cm³/mol. The van der Waals surface area contributed by atoms with Gasteiger partial charge in [0, 0.05) is 45.4 Å². The van der Waals surface area contributed by atoms with Crippen LogP contribution in [0.4, 0.5) is 0 Å². The maximum absolute atomic E-state index is 5.72. The number of rotatable bonds is 8. The maximum Gasteiger partial charge on any atom is 0.191 e. The van der Waals surface area contributed by atoms with Crippen LogP contribution >= 0.6 is 24.0 Å². The van der Waals surface area contributed by atoms with E-state index in [1.54, 1.807) is 0 Å². The zero-order chi connectivity index (χ0) is 18.9. The van der Waals surface area contributed by atoms with Gasteiger partial charge in [0.15, 0.2) is 5.96 Å². The van der Waals surface area contributed by atoms with Crippen LogP contribution in [0.1, 0.15) is 45.2 Å². The number of aliphatic imine (C=N–C) groups is 1. The first kappa shape index (κ1) is 24.2. The van der Waals surface area contributed by atoms with E-state index in [0.29, 0.717) is 24.6 Å². The van der Waals surface area contributed by atoms with E-state index in [2.05, 4.69) is 72.5 Å². The summed E-state index contributed by atoms with van der Waals surface area (Å²) >= 11 is 0. The molecule has 0 saturated carbocycles. The van der Waals surface area contributed by atoms with Crippen LogP contribution in [0.2, 0.25) is 0 Å². The molecule has 1 heterocycles. The molecule has 1 aromatic carbocycles. The summed E-state index contributed by atoms with van der Waals surface area (Å²) in [5.41, 5.74) is 2.50. The summed E-state index contributed by atoms with van der Waals surface area (Å²) in [7, 11) is 1.84. The Balaban J connectivity index is 0.00000364. The molecule has 1 fully saturated rings. The van der Waals surface area contributed by atoms with E-state index < -0.39 is 0 Å². The molecule has 6 heteroatoms. The predicted octanol–water partition coefficient (Wildman–Crippen LogP) is 3.62. The average molecular weight is 488 g/mol. The molecule has 0 aliphatic carbocycles. The molecule has 0 radical (unpaired) electrons. The molecule has 5 nitrogen and oxygen atoms in total. The van der Waals surface area contributed by atoms with Crippen molar-refractivity contribution in [3.05, 3.63) is 35.4 Å². The summed E-state index contributed by atoms with van der Waals surface area (Å²) in [6, 6.07) is 9.48. The lowest BCUT2D eigenvalue weighted by Gasteiger charge is -2.22. The number of hydrogen-bond acceptors (Lipinski definition) is 3. The van der Waals surface area contributed by atoms with Gasteiger partial charge in [0.05, 0.1) is 6.61 Å². The molecule has 27 heavy (non-hydrogen) atoms. The van der Waals surface area contributed by atoms with Crippen LogP contribution in [0.15, 0.2) is 29.3 Å².